The number of hydrogen-bond acceptors (Lipinski definition) is 9. The number of nitrogens with two attached hydrogens (primary N) is 1. The van der Waals surface area contributed by atoms with Crippen LogP contribution in [-0.2, 0) is 0 Å². The zero-order chi connectivity index (χ0) is 31.8. The number of nitrogens with zero attached hydrogens (tertiary/aromatic N) is 5. The minimum atomic E-state index is -0.917. The van der Waals surface area contributed by atoms with Crippen molar-refractivity contribution >= 4 is 54.7 Å². The summed E-state index contributed by atoms with van der Waals surface area (Å²) in [7, 11) is 0. The topological polar surface area (TPSA) is 103 Å². The van der Waals surface area contributed by atoms with E-state index in [9.17, 15) is 14.0 Å². The lowest BCUT2D eigenvalue weighted by molar-refractivity contribution is 0.107. The summed E-state index contributed by atoms with van der Waals surface area (Å²) in [5, 5.41) is 14.4. The summed E-state index contributed by atoms with van der Waals surface area (Å²) in [6.45, 7) is 3.76. The zero-order valence-electron chi connectivity index (χ0n) is 25.1. The molecule has 3 atom stereocenters. The molecule has 13 heteroatoms. The van der Waals surface area contributed by atoms with Gasteiger partial charge in [-0.05, 0) is 69.3 Å². The number of nitrogen functional groups attached to an aromatic ring is 1. The number of hydrogen-bond donors (Lipinski definition) is 2. The highest BCUT2D eigenvalue weighted by Gasteiger charge is 2.49. The second-order valence-corrected chi connectivity index (χ2v) is 14.7. The van der Waals surface area contributed by atoms with E-state index in [0.717, 1.165) is 69.5 Å². The molecule has 8 nitrogen and oxygen atoms in total. The normalized spacial score (nSPS) is 26.4. The number of benzene rings is 2. The number of anilines is 2. The van der Waals surface area contributed by atoms with Gasteiger partial charge in [0.1, 0.15) is 41.0 Å². The quantitative estimate of drug-likeness (QED) is 0.246. The van der Waals surface area contributed by atoms with Crippen molar-refractivity contribution in [1.82, 2.24) is 20.2 Å². The SMILES string of the molecule is N#Cc1c(N)sc2c(F)ccc(-c3c(Cl)cc4c(N5CCCC6(CCCN6)C5)nc(OCC56CCCN5C[C@H](F)C6)nc4c3F)c12. The van der Waals surface area contributed by atoms with Gasteiger partial charge in [0.25, 0.3) is 0 Å². The molecule has 46 heavy (non-hydrogen) atoms. The third-order valence-corrected chi connectivity index (χ3v) is 11.8. The molecule has 0 radical (unpaired) electrons. The van der Waals surface area contributed by atoms with E-state index in [1.54, 1.807) is 6.07 Å². The summed E-state index contributed by atoms with van der Waals surface area (Å²) >= 11 is 7.81. The highest BCUT2D eigenvalue weighted by Crippen LogP contribution is 2.46. The summed E-state index contributed by atoms with van der Waals surface area (Å²) in [5.41, 5.74) is 5.92. The van der Waals surface area contributed by atoms with Gasteiger partial charge in [0.05, 0.1) is 20.8 Å². The van der Waals surface area contributed by atoms with E-state index < -0.39 is 23.3 Å². The van der Waals surface area contributed by atoms with Crippen LogP contribution in [-0.4, -0.2) is 71.4 Å². The van der Waals surface area contributed by atoms with Crippen LogP contribution in [0.3, 0.4) is 0 Å². The van der Waals surface area contributed by atoms with Crippen molar-refractivity contribution in [3.63, 3.8) is 0 Å². The summed E-state index contributed by atoms with van der Waals surface area (Å²) < 4.78 is 52.8. The van der Waals surface area contributed by atoms with Gasteiger partial charge < -0.3 is 20.7 Å². The molecule has 0 saturated carbocycles. The number of ether oxygens (including phenoxy) is 1. The Morgan fingerprint density at radius 2 is 2.00 bits per heavy atom. The standard InChI is InChI=1S/C33H33ClF3N7OS/c34-22-12-20-27(26(37)25(22)19-4-5-23(36)28-24(19)21(14-38)29(39)46-28)41-31(45-17-33-8-3-11-44(33)15-18(35)13-33)42-30(20)43-10-2-7-32(16-43)6-1-9-40-32/h4-5,12,18,40H,1-3,6-11,13,15-17,39H2/t18-,32?,33?/m1/s1. The zero-order valence-corrected chi connectivity index (χ0v) is 26.7. The molecule has 4 fully saturated rings. The maximum Gasteiger partial charge on any atom is 0.319 e. The molecule has 2 unspecified atom stereocenters. The second kappa shape index (κ2) is 11.1. The average Bonchev–Trinajstić information content (AvgIpc) is 3.80. The van der Waals surface area contributed by atoms with Crippen LogP contribution in [0, 0.1) is 23.0 Å². The lowest BCUT2D eigenvalue weighted by Gasteiger charge is -2.41. The predicted molar refractivity (Wildman–Crippen MR) is 174 cm³/mol. The van der Waals surface area contributed by atoms with Gasteiger partial charge in [-0.2, -0.15) is 15.2 Å². The van der Waals surface area contributed by atoms with Crippen LogP contribution in [0.5, 0.6) is 6.01 Å². The Morgan fingerprint density at radius 1 is 1.17 bits per heavy atom. The molecular formula is C33H33ClF3N7OS. The number of nitriles is 1. The van der Waals surface area contributed by atoms with Crippen molar-refractivity contribution in [2.24, 2.45) is 0 Å². The van der Waals surface area contributed by atoms with Gasteiger partial charge in [0, 0.05) is 47.9 Å². The van der Waals surface area contributed by atoms with Crippen molar-refractivity contribution in [3.8, 4) is 23.2 Å². The lowest BCUT2D eigenvalue weighted by atomic mass is 9.87. The van der Waals surface area contributed by atoms with Gasteiger partial charge >= 0.3 is 6.01 Å². The molecule has 0 bridgehead atoms. The Balaban J connectivity index is 1.29. The van der Waals surface area contributed by atoms with Crippen LogP contribution in [0.25, 0.3) is 32.1 Å². The van der Waals surface area contributed by atoms with Crippen LogP contribution in [0.2, 0.25) is 5.02 Å². The number of halogens is 4. The number of aromatic nitrogens is 2. The first-order valence-corrected chi connectivity index (χ1v) is 17.0. The summed E-state index contributed by atoms with van der Waals surface area (Å²) in [6.07, 6.45) is 5.36. The minimum Gasteiger partial charge on any atom is -0.461 e. The van der Waals surface area contributed by atoms with E-state index in [-0.39, 0.29) is 60.5 Å². The van der Waals surface area contributed by atoms with Crippen LogP contribution < -0.4 is 20.7 Å². The largest absolute Gasteiger partial charge is 0.461 e. The Morgan fingerprint density at radius 3 is 2.80 bits per heavy atom. The Kier molecular flexibility index (Phi) is 7.25. The Labute approximate surface area is 273 Å². The fourth-order valence-corrected chi connectivity index (χ4v) is 9.64. The van der Waals surface area contributed by atoms with Crippen LogP contribution >= 0.6 is 22.9 Å². The molecule has 4 saturated heterocycles. The summed E-state index contributed by atoms with van der Waals surface area (Å²) in [4.78, 5) is 13.8. The van der Waals surface area contributed by atoms with Crippen LogP contribution in [0.4, 0.5) is 24.0 Å². The number of piperidine rings is 1. The third-order valence-electron chi connectivity index (χ3n) is 10.5. The number of nitrogens with one attached hydrogen (secondary N) is 1. The lowest BCUT2D eigenvalue weighted by Crippen LogP contribution is -2.54. The third kappa shape index (κ3) is 4.69. The first kappa shape index (κ1) is 30.0. The van der Waals surface area contributed by atoms with Gasteiger partial charge in [-0.25, -0.2) is 13.2 Å². The molecule has 6 heterocycles. The second-order valence-electron chi connectivity index (χ2n) is 13.2. The molecule has 0 amide bonds. The molecule has 2 aromatic carbocycles. The summed E-state index contributed by atoms with van der Waals surface area (Å²) in [6, 6.07) is 6.35. The highest BCUT2D eigenvalue weighted by atomic mass is 35.5. The predicted octanol–water partition coefficient (Wildman–Crippen LogP) is 6.57. The highest BCUT2D eigenvalue weighted by molar-refractivity contribution is 7.23. The van der Waals surface area contributed by atoms with Gasteiger partial charge in [0.15, 0.2) is 5.82 Å². The number of alkyl halides is 1. The molecule has 240 valence electrons. The maximum atomic E-state index is 17.0. The molecule has 8 rings (SSSR count). The molecule has 4 aromatic rings. The number of rotatable bonds is 5. The first-order valence-electron chi connectivity index (χ1n) is 15.8. The smallest absolute Gasteiger partial charge is 0.319 e. The van der Waals surface area contributed by atoms with Gasteiger partial charge in [-0.3, -0.25) is 4.90 Å². The molecule has 3 N–H and O–H groups in total. The van der Waals surface area contributed by atoms with Crippen molar-refractivity contribution in [2.45, 2.75) is 62.2 Å². The summed E-state index contributed by atoms with van der Waals surface area (Å²) in [5.74, 6) is -0.761. The maximum absolute atomic E-state index is 17.0. The Hall–Kier alpha value is -3.37. The molecule has 4 aliphatic heterocycles. The molecule has 0 aliphatic carbocycles. The van der Waals surface area contributed by atoms with E-state index in [1.807, 2.05) is 6.07 Å². The number of fused-ring (bicyclic) bond motifs is 3. The van der Waals surface area contributed by atoms with E-state index in [4.69, 9.17) is 27.1 Å². The minimum absolute atomic E-state index is 0.00623. The molecule has 2 aromatic heterocycles. The first-order chi connectivity index (χ1) is 22.2. The van der Waals surface area contributed by atoms with E-state index >= 15 is 4.39 Å². The van der Waals surface area contributed by atoms with Gasteiger partial charge in [0.2, 0.25) is 0 Å². The van der Waals surface area contributed by atoms with Crippen LogP contribution in [0.15, 0.2) is 18.2 Å². The van der Waals surface area contributed by atoms with E-state index in [2.05, 4.69) is 20.1 Å². The van der Waals surface area contributed by atoms with Gasteiger partial charge in [-0.1, -0.05) is 17.7 Å². The van der Waals surface area contributed by atoms with Crippen molar-refractivity contribution < 1.29 is 17.9 Å². The van der Waals surface area contributed by atoms with E-state index in [1.165, 1.54) is 12.1 Å². The van der Waals surface area contributed by atoms with Crippen molar-refractivity contribution in [3.05, 3.63) is 40.4 Å². The Bertz CT molecular complexity index is 1930. The van der Waals surface area contributed by atoms with Crippen molar-refractivity contribution in [2.75, 3.05) is 50.0 Å². The van der Waals surface area contributed by atoms with Gasteiger partial charge in [-0.15, -0.1) is 11.3 Å². The molecule has 1 spiro atoms. The monoisotopic (exact) mass is 667 g/mol. The van der Waals surface area contributed by atoms with Crippen LogP contribution in [0.1, 0.15) is 50.5 Å². The van der Waals surface area contributed by atoms with Crippen molar-refractivity contribution in [1.29, 1.82) is 5.26 Å². The number of thiophene rings is 1. The fourth-order valence-electron chi connectivity index (χ4n) is 8.40. The fraction of sp³-hybridized carbons (Fsp3) is 0.485. The van der Waals surface area contributed by atoms with E-state index in [0.29, 0.717) is 30.7 Å². The average molecular weight is 668 g/mol. The molecule has 4 aliphatic rings. The molecular weight excluding hydrogens is 635 g/mol.